The molecule has 2 nitrogen and oxygen atoms in total. The number of rotatable bonds is 7. The van der Waals surface area contributed by atoms with Crippen molar-refractivity contribution in [1.82, 2.24) is 5.32 Å². The van der Waals surface area contributed by atoms with Gasteiger partial charge < -0.3 is 10.1 Å². The SMILES string of the molecule is CCNCCCSCC1CCCO1. The maximum Gasteiger partial charge on any atom is 0.0666 e. The second-order valence-corrected chi connectivity index (χ2v) is 4.57. The van der Waals surface area contributed by atoms with Gasteiger partial charge >= 0.3 is 0 Å². The molecule has 1 aliphatic rings. The van der Waals surface area contributed by atoms with Crippen molar-refractivity contribution in [2.75, 3.05) is 31.2 Å². The predicted octanol–water partition coefficient (Wildman–Crippen LogP) is 1.90. The van der Waals surface area contributed by atoms with E-state index in [1.807, 2.05) is 11.8 Å². The standard InChI is InChI=1S/C10H21NOS/c1-2-11-6-4-8-13-9-10-5-3-7-12-10/h10-11H,2-9H2,1H3. The molecule has 0 spiro atoms. The molecule has 0 aromatic carbocycles. The van der Waals surface area contributed by atoms with Crippen LogP contribution in [0.3, 0.4) is 0 Å². The van der Waals surface area contributed by atoms with Gasteiger partial charge in [0.15, 0.2) is 0 Å². The summed E-state index contributed by atoms with van der Waals surface area (Å²) in [7, 11) is 0. The molecule has 1 fully saturated rings. The molecule has 13 heavy (non-hydrogen) atoms. The maximum absolute atomic E-state index is 5.54. The lowest BCUT2D eigenvalue weighted by Gasteiger charge is -2.08. The smallest absolute Gasteiger partial charge is 0.0666 e. The zero-order valence-electron chi connectivity index (χ0n) is 8.55. The lowest BCUT2D eigenvalue weighted by molar-refractivity contribution is 0.129. The van der Waals surface area contributed by atoms with Crippen molar-refractivity contribution in [3.05, 3.63) is 0 Å². The van der Waals surface area contributed by atoms with Crippen molar-refractivity contribution in [2.45, 2.75) is 32.3 Å². The largest absolute Gasteiger partial charge is 0.377 e. The van der Waals surface area contributed by atoms with Gasteiger partial charge in [-0.25, -0.2) is 0 Å². The number of hydrogen-bond donors (Lipinski definition) is 1. The topological polar surface area (TPSA) is 21.3 Å². The minimum absolute atomic E-state index is 0.559. The van der Waals surface area contributed by atoms with Crippen LogP contribution >= 0.6 is 11.8 Å². The molecule has 0 radical (unpaired) electrons. The van der Waals surface area contributed by atoms with Crippen molar-refractivity contribution in [3.63, 3.8) is 0 Å². The van der Waals surface area contributed by atoms with Crippen LogP contribution in [0.5, 0.6) is 0 Å². The Morgan fingerprint density at radius 2 is 2.46 bits per heavy atom. The van der Waals surface area contributed by atoms with E-state index >= 15 is 0 Å². The van der Waals surface area contributed by atoms with Gasteiger partial charge in [-0.1, -0.05) is 6.92 Å². The van der Waals surface area contributed by atoms with Crippen molar-refractivity contribution < 1.29 is 4.74 Å². The Morgan fingerprint density at radius 3 is 3.15 bits per heavy atom. The van der Waals surface area contributed by atoms with Crippen LogP contribution in [-0.2, 0) is 4.74 Å². The number of hydrogen-bond acceptors (Lipinski definition) is 3. The molecule has 1 rings (SSSR count). The van der Waals surface area contributed by atoms with E-state index < -0.39 is 0 Å². The van der Waals surface area contributed by atoms with E-state index in [0.717, 1.165) is 19.7 Å². The molecule has 0 saturated carbocycles. The molecule has 3 heteroatoms. The first-order valence-electron chi connectivity index (χ1n) is 5.33. The number of ether oxygens (including phenoxy) is 1. The van der Waals surface area contributed by atoms with Crippen LogP contribution in [0, 0.1) is 0 Å². The molecule has 0 aliphatic carbocycles. The molecule has 0 aromatic rings. The third-order valence-corrected chi connectivity index (χ3v) is 3.40. The molecule has 78 valence electrons. The molecule has 1 atom stereocenters. The zero-order valence-corrected chi connectivity index (χ0v) is 9.37. The number of nitrogens with one attached hydrogen (secondary N) is 1. The molecule has 0 bridgehead atoms. The molecule has 1 saturated heterocycles. The Labute approximate surface area is 85.8 Å². The monoisotopic (exact) mass is 203 g/mol. The van der Waals surface area contributed by atoms with Gasteiger partial charge in [0, 0.05) is 12.4 Å². The molecule has 1 aliphatic heterocycles. The Kier molecular flexibility index (Phi) is 6.68. The maximum atomic E-state index is 5.54. The van der Waals surface area contributed by atoms with Gasteiger partial charge in [-0.2, -0.15) is 11.8 Å². The molecular formula is C10H21NOS. The van der Waals surface area contributed by atoms with E-state index in [1.54, 1.807) is 0 Å². The Hall–Kier alpha value is 0.270. The fourth-order valence-corrected chi connectivity index (χ4v) is 2.51. The van der Waals surface area contributed by atoms with E-state index in [4.69, 9.17) is 4.74 Å². The normalized spacial score (nSPS) is 22.4. The van der Waals surface area contributed by atoms with Crippen LogP contribution in [0.1, 0.15) is 26.2 Å². The predicted molar refractivity (Wildman–Crippen MR) is 59.5 cm³/mol. The summed E-state index contributed by atoms with van der Waals surface area (Å²) in [5, 5.41) is 3.33. The first kappa shape index (κ1) is 11.3. The summed E-state index contributed by atoms with van der Waals surface area (Å²) >= 11 is 2.04. The minimum atomic E-state index is 0.559. The van der Waals surface area contributed by atoms with E-state index in [0.29, 0.717) is 6.10 Å². The highest BCUT2D eigenvalue weighted by atomic mass is 32.2. The average molecular weight is 203 g/mol. The van der Waals surface area contributed by atoms with Crippen LogP contribution in [0.15, 0.2) is 0 Å². The summed E-state index contributed by atoms with van der Waals surface area (Å²) in [5.74, 6) is 2.47. The van der Waals surface area contributed by atoms with E-state index in [1.165, 1.54) is 30.8 Å². The van der Waals surface area contributed by atoms with Crippen molar-refractivity contribution in [3.8, 4) is 0 Å². The first-order valence-corrected chi connectivity index (χ1v) is 6.49. The second-order valence-electron chi connectivity index (χ2n) is 3.42. The molecule has 1 unspecified atom stereocenters. The van der Waals surface area contributed by atoms with Gasteiger partial charge in [-0.05, 0) is 38.1 Å². The Morgan fingerprint density at radius 1 is 1.54 bits per heavy atom. The van der Waals surface area contributed by atoms with Crippen molar-refractivity contribution >= 4 is 11.8 Å². The molecular weight excluding hydrogens is 182 g/mol. The van der Waals surface area contributed by atoms with Crippen LogP contribution < -0.4 is 5.32 Å². The molecule has 0 amide bonds. The van der Waals surface area contributed by atoms with Crippen LogP contribution in [0.2, 0.25) is 0 Å². The first-order chi connectivity index (χ1) is 6.43. The third-order valence-electron chi connectivity index (χ3n) is 2.22. The summed E-state index contributed by atoms with van der Waals surface area (Å²) < 4.78 is 5.54. The second kappa shape index (κ2) is 7.65. The van der Waals surface area contributed by atoms with Gasteiger partial charge in [0.1, 0.15) is 0 Å². The summed E-state index contributed by atoms with van der Waals surface area (Å²) in [6, 6.07) is 0. The molecule has 0 aromatic heterocycles. The summed E-state index contributed by atoms with van der Waals surface area (Å²) in [5.41, 5.74) is 0. The van der Waals surface area contributed by atoms with Crippen LogP contribution in [0.4, 0.5) is 0 Å². The van der Waals surface area contributed by atoms with E-state index in [-0.39, 0.29) is 0 Å². The summed E-state index contributed by atoms with van der Waals surface area (Å²) in [4.78, 5) is 0. The highest BCUT2D eigenvalue weighted by molar-refractivity contribution is 7.99. The molecule has 1 N–H and O–H groups in total. The Bertz CT molecular complexity index is 115. The van der Waals surface area contributed by atoms with Gasteiger partial charge in [0.25, 0.3) is 0 Å². The van der Waals surface area contributed by atoms with E-state index in [9.17, 15) is 0 Å². The zero-order chi connectivity index (χ0) is 9.36. The summed E-state index contributed by atoms with van der Waals surface area (Å²) in [6.07, 6.45) is 4.39. The highest BCUT2D eigenvalue weighted by Gasteiger charge is 2.14. The van der Waals surface area contributed by atoms with Crippen LogP contribution in [0.25, 0.3) is 0 Å². The summed E-state index contributed by atoms with van der Waals surface area (Å²) in [6.45, 7) is 5.40. The molecule has 1 heterocycles. The minimum Gasteiger partial charge on any atom is -0.377 e. The van der Waals surface area contributed by atoms with Crippen molar-refractivity contribution in [1.29, 1.82) is 0 Å². The average Bonchev–Trinajstić information content (AvgIpc) is 2.63. The third kappa shape index (κ3) is 5.55. The number of thioether (sulfide) groups is 1. The van der Waals surface area contributed by atoms with Crippen LogP contribution in [-0.4, -0.2) is 37.3 Å². The van der Waals surface area contributed by atoms with Gasteiger partial charge in [-0.3, -0.25) is 0 Å². The lowest BCUT2D eigenvalue weighted by atomic mass is 10.3. The quantitative estimate of drug-likeness (QED) is 0.639. The van der Waals surface area contributed by atoms with Crippen molar-refractivity contribution in [2.24, 2.45) is 0 Å². The fraction of sp³-hybridized carbons (Fsp3) is 1.00. The lowest BCUT2D eigenvalue weighted by Crippen LogP contribution is -2.15. The van der Waals surface area contributed by atoms with Gasteiger partial charge in [0.2, 0.25) is 0 Å². The van der Waals surface area contributed by atoms with Gasteiger partial charge in [-0.15, -0.1) is 0 Å². The Balaban J connectivity index is 1.78. The van der Waals surface area contributed by atoms with E-state index in [2.05, 4.69) is 12.2 Å². The fourth-order valence-electron chi connectivity index (χ4n) is 1.47. The van der Waals surface area contributed by atoms with Gasteiger partial charge in [0.05, 0.1) is 6.10 Å². The highest BCUT2D eigenvalue weighted by Crippen LogP contribution is 2.17.